The van der Waals surface area contributed by atoms with Crippen molar-refractivity contribution in [2.24, 2.45) is 0 Å². The van der Waals surface area contributed by atoms with E-state index in [0.29, 0.717) is 5.88 Å². The lowest BCUT2D eigenvalue weighted by Crippen LogP contribution is -1.88. The van der Waals surface area contributed by atoms with Crippen molar-refractivity contribution in [3.8, 4) is 28.1 Å². The minimum Gasteiger partial charge on any atom is -0.497 e. The molecule has 3 aromatic rings. The molecule has 0 unspecified atom stereocenters. The lowest BCUT2D eigenvalue weighted by atomic mass is 10.0. The van der Waals surface area contributed by atoms with E-state index >= 15 is 0 Å². The number of aromatic nitrogens is 1. The number of hydrogen-bond acceptors (Lipinski definition) is 4. The third-order valence-electron chi connectivity index (χ3n) is 3.14. The Morgan fingerprint density at radius 3 is 2.30 bits per heavy atom. The number of hydrogen-bond donors (Lipinski definition) is 1. The zero-order valence-corrected chi connectivity index (χ0v) is 11.0. The molecule has 0 aliphatic carbocycles. The minimum atomic E-state index is 0.314. The Labute approximate surface area is 116 Å². The molecule has 4 heteroatoms. The average molecular weight is 266 g/mol. The van der Waals surface area contributed by atoms with Gasteiger partial charge in [0.25, 0.3) is 0 Å². The Bertz CT molecular complexity index is 703. The number of anilines is 1. The van der Waals surface area contributed by atoms with E-state index in [1.807, 2.05) is 54.6 Å². The Balaban J connectivity index is 2.11. The van der Waals surface area contributed by atoms with Crippen molar-refractivity contribution in [1.82, 2.24) is 5.16 Å². The van der Waals surface area contributed by atoms with Gasteiger partial charge in [-0.1, -0.05) is 47.6 Å². The van der Waals surface area contributed by atoms with Crippen LogP contribution in [0.15, 0.2) is 59.1 Å². The van der Waals surface area contributed by atoms with Crippen LogP contribution in [0.3, 0.4) is 0 Å². The number of nitrogens with zero attached hydrogens (tertiary/aromatic N) is 1. The van der Waals surface area contributed by atoms with Crippen molar-refractivity contribution < 1.29 is 9.26 Å². The molecule has 0 atom stereocenters. The van der Waals surface area contributed by atoms with Crippen molar-refractivity contribution in [2.45, 2.75) is 0 Å². The summed E-state index contributed by atoms with van der Waals surface area (Å²) in [5.74, 6) is 1.11. The van der Waals surface area contributed by atoms with Crippen LogP contribution in [0.2, 0.25) is 0 Å². The summed E-state index contributed by atoms with van der Waals surface area (Å²) in [5.41, 5.74) is 9.39. The Kier molecular flexibility index (Phi) is 3.13. The van der Waals surface area contributed by atoms with E-state index < -0.39 is 0 Å². The molecule has 0 saturated heterocycles. The maximum atomic E-state index is 5.92. The molecule has 2 aromatic carbocycles. The summed E-state index contributed by atoms with van der Waals surface area (Å²) in [6, 6.07) is 17.5. The topological polar surface area (TPSA) is 61.3 Å². The van der Waals surface area contributed by atoms with Gasteiger partial charge in [-0.15, -0.1) is 0 Å². The van der Waals surface area contributed by atoms with Crippen LogP contribution < -0.4 is 10.5 Å². The van der Waals surface area contributed by atoms with Gasteiger partial charge in [-0.2, -0.15) is 0 Å². The molecule has 2 N–H and O–H groups in total. The van der Waals surface area contributed by atoms with Crippen LogP contribution in [0, 0.1) is 0 Å². The van der Waals surface area contributed by atoms with E-state index in [1.54, 1.807) is 7.11 Å². The highest BCUT2D eigenvalue weighted by Crippen LogP contribution is 2.36. The second-order valence-corrected chi connectivity index (χ2v) is 4.36. The van der Waals surface area contributed by atoms with Gasteiger partial charge in [0, 0.05) is 5.56 Å². The van der Waals surface area contributed by atoms with Crippen molar-refractivity contribution in [1.29, 1.82) is 0 Å². The van der Waals surface area contributed by atoms with Gasteiger partial charge in [-0.05, 0) is 17.7 Å². The lowest BCUT2D eigenvalue weighted by molar-refractivity contribution is 0.415. The van der Waals surface area contributed by atoms with Crippen LogP contribution in [-0.4, -0.2) is 12.3 Å². The minimum absolute atomic E-state index is 0.314. The fourth-order valence-corrected chi connectivity index (χ4v) is 2.13. The average Bonchev–Trinajstić information content (AvgIpc) is 2.90. The smallest absolute Gasteiger partial charge is 0.230 e. The number of ether oxygens (including phenoxy) is 1. The van der Waals surface area contributed by atoms with Crippen molar-refractivity contribution in [3.05, 3.63) is 54.6 Å². The molecular weight excluding hydrogens is 252 g/mol. The Morgan fingerprint density at radius 2 is 1.65 bits per heavy atom. The molecule has 100 valence electrons. The van der Waals surface area contributed by atoms with Crippen LogP contribution in [0.25, 0.3) is 22.4 Å². The summed E-state index contributed by atoms with van der Waals surface area (Å²) in [7, 11) is 1.64. The summed E-state index contributed by atoms with van der Waals surface area (Å²) in [5, 5.41) is 4.07. The van der Waals surface area contributed by atoms with Gasteiger partial charge in [-0.25, -0.2) is 0 Å². The van der Waals surface area contributed by atoms with E-state index in [0.717, 1.165) is 28.1 Å². The first-order valence-electron chi connectivity index (χ1n) is 6.24. The standard InChI is InChI=1S/C16H14N2O2/c1-19-13-9-7-11(8-10-13)14-15(18-20-16(14)17)12-5-3-2-4-6-12/h2-10H,17H2,1H3. The predicted molar refractivity (Wildman–Crippen MR) is 78.3 cm³/mol. The fourth-order valence-electron chi connectivity index (χ4n) is 2.13. The van der Waals surface area contributed by atoms with Crippen molar-refractivity contribution in [3.63, 3.8) is 0 Å². The number of benzene rings is 2. The van der Waals surface area contributed by atoms with E-state index in [4.69, 9.17) is 15.0 Å². The van der Waals surface area contributed by atoms with Gasteiger partial charge >= 0.3 is 0 Å². The molecule has 4 nitrogen and oxygen atoms in total. The summed E-state index contributed by atoms with van der Waals surface area (Å²) in [6.45, 7) is 0. The van der Waals surface area contributed by atoms with Crippen LogP contribution in [0.4, 0.5) is 5.88 Å². The third-order valence-corrected chi connectivity index (χ3v) is 3.14. The first kappa shape index (κ1) is 12.3. The summed E-state index contributed by atoms with van der Waals surface area (Å²) in [6.07, 6.45) is 0. The highest BCUT2D eigenvalue weighted by molar-refractivity contribution is 5.86. The highest BCUT2D eigenvalue weighted by Gasteiger charge is 2.17. The van der Waals surface area contributed by atoms with E-state index in [1.165, 1.54) is 0 Å². The SMILES string of the molecule is COc1ccc(-c2c(-c3ccccc3)noc2N)cc1. The number of nitrogens with two attached hydrogens (primary N) is 1. The molecule has 3 rings (SSSR count). The number of methoxy groups -OCH3 is 1. The van der Waals surface area contributed by atoms with Crippen LogP contribution in [0.5, 0.6) is 5.75 Å². The van der Waals surface area contributed by atoms with Gasteiger partial charge in [0.05, 0.1) is 12.7 Å². The zero-order valence-electron chi connectivity index (χ0n) is 11.0. The third kappa shape index (κ3) is 2.12. The number of nitrogen functional groups attached to an aromatic ring is 1. The molecule has 0 bridgehead atoms. The molecule has 0 amide bonds. The Hall–Kier alpha value is -2.75. The predicted octanol–water partition coefficient (Wildman–Crippen LogP) is 3.60. The summed E-state index contributed by atoms with van der Waals surface area (Å²) in [4.78, 5) is 0. The molecule has 1 aromatic heterocycles. The van der Waals surface area contributed by atoms with E-state index in [-0.39, 0.29) is 0 Å². The fraction of sp³-hybridized carbons (Fsp3) is 0.0625. The maximum Gasteiger partial charge on any atom is 0.230 e. The van der Waals surface area contributed by atoms with Crippen LogP contribution >= 0.6 is 0 Å². The van der Waals surface area contributed by atoms with Crippen molar-refractivity contribution >= 4 is 5.88 Å². The second kappa shape index (κ2) is 5.09. The van der Waals surface area contributed by atoms with Gasteiger partial charge in [0.1, 0.15) is 11.4 Å². The first-order valence-corrected chi connectivity index (χ1v) is 6.24. The van der Waals surface area contributed by atoms with Gasteiger partial charge in [-0.3, -0.25) is 0 Å². The largest absolute Gasteiger partial charge is 0.497 e. The molecule has 0 aliphatic heterocycles. The summed E-state index contributed by atoms with van der Waals surface area (Å²) >= 11 is 0. The van der Waals surface area contributed by atoms with Gasteiger partial charge in [0.2, 0.25) is 5.88 Å². The zero-order chi connectivity index (χ0) is 13.9. The molecule has 0 saturated carbocycles. The van der Waals surface area contributed by atoms with E-state index in [2.05, 4.69) is 5.16 Å². The monoisotopic (exact) mass is 266 g/mol. The molecule has 0 fully saturated rings. The summed E-state index contributed by atoms with van der Waals surface area (Å²) < 4.78 is 10.3. The molecule has 0 radical (unpaired) electrons. The molecular formula is C16H14N2O2. The van der Waals surface area contributed by atoms with Crippen LogP contribution in [0.1, 0.15) is 0 Å². The highest BCUT2D eigenvalue weighted by atomic mass is 16.5. The van der Waals surface area contributed by atoms with Gasteiger partial charge in [0.15, 0.2) is 0 Å². The van der Waals surface area contributed by atoms with Gasteiger partial charge < -0.3 is 15.0 Å². The molecule has 1 heterocycles. The molecule has 0 aliphatic rings. The molecule has 20 heavy (non-hydrogen) atoms. The van der Waals surface area contributed by atoms with E-state index in [9.17, 15) is 0 Å². The van der Waals surface area contributed by atoms with Crippen LogP contribution in [-0.2, 0) is 0 Å². The first-order chi connectivity index (χ1) is 9.79. The Morgan fingerprint density at radius 1 is 0.950 bits per heavy atom. The normalized spacial score (nSPS) is 10.4. The second-order valence-electron chi connectivity index (χ2n) is 4.36. The van der Waals surface area contributed by atoms with Crippen molar-refractivity contribution in [2.75, 3.05) is 12.8 Å². The number of rotatable bonds is 3. The quantitative estimate of drug-likeness (QED) is 0.786. The lowest BCUT2D eigenvalue weighted by Gasteiger charge is -2.04. The molecule has 0 spiro atoms. The maximum absolute atomic E-state index is 5.92.